The van der Waals surface area contributed by atoms with Crippen molar-refractivity contribution in [2.45, 2.75) is 25.8 Å². The van der Waals surface area contributed by atoms with E-state index in [-0.39, 0.29) is 11.1 Å². The van der Waals surface area contributed by atoms with Gasteiger partial charge in [-0.15, -0.1) is 0 Å². The van der Waals surface area contributed by atoms with Crippen molar-refractivity contribution in [1.82, 2.24) is 15.5 Å². The van der Waals surface area contributed by atoms with E-state index in [0.29, 0.717) is 23.7 Å². The number of likely N-dealkylation sites (N-methyl/N-ethyl adjacent to an activating group) is 1. The van der Waals surface area contributed by atoms with Gasteiger partial charge in [-0.3, -0.25) is 0 Å². The van der Waals surface area contributed by atoms with Gasteiger partial charge in [0.05, 0.1) is 5.02 Å². The summed E-state index contributed by atoms with van der Waals surface area (Å²) in [5.74, 6) is 0.529. The summed E-state index contributed by atoms with van der Waals surface area (Å²) in [5, 5.41) is 7.31. The molecule has 1 heterocycles. The van der Waals surface area contributed by atoms with E-state index in [1.54, 1.807) is 6.07 Å². The molecule has 0 spiro atoms. The first-order valence-electron chi connectivity index (χ1n) is 6.09. The van der Waals surface area contributed by atoms with E-state index >= 15 is 0 Å². The summed E-state index contributed by atoms with van der Waals surface area (Å²) in [4.78, 5) is 4.28. The van der Waals surface area contributed by atoms with Gasteiger partial charge in [-0.25, -0.2) is 4.39 Å². The van der Waals surface area contributed by atoms with Crippen LogP contribution in [0.1, 0.15) is 19.2 Å². The van der Waals surface area contributed by atoms with E-state index in [2.05, 4.69) is 22.4 Å². The monoisotopic (exact) mass is 283 g/mol. The number of aromatic nitrogens is 2. The van der Waals surface area contributed by atoms with Crippen molar-refractivity contribution >= 4 is 11.6 Å². The fraction of sp³-hybridized carbons (Fsp3) is 0.385. The number of hydrogen-bond acceptors (Lipinski definition) is 4. The van der Waals surface area contributed by atoms with Crippen molar-refractivity contribution in [3.05, 3.63) is 34.9 Å². The number of nitrogens with zero attached hydrogens (tertiary/aromatic N) is 2. The fourth-order valence-corrected chi connectivity index (χ4v) is 2.03. The Hall–Kier alpha value is -1.46. The predicted octanol–water partition coefficient (Wildman–Crippen LogP) is 3.07. The molecule has 1 aromatic heterocycles. The van der Waals surface area contributed by atoms with Gasteiger partial charge in [0.25, 0.3) is 0 Å². The SMILES string of the molecule is CCC(Cc1nc(-c2ccc(F)cc2Cl)no1)NC. The molecule has 2 rings (SSSR count). The number of hydrogen-bond donors (Lipinski definition) is 1. The molecule has 0 saturated carbocycles. The first-order valence-corrected chi connectivity index (χ1v) is 6.47. The zero-order valence-electron chi connectivity index (χ0n) is 10.8. The summed E-state index contributed by atoms with van der Waals surface area (Å²) in [5.41, 5.74) is 0.565. The Kier molecular flexibility index (Phi) is 4.50. The smallest absolute Gasteiger partial charge is 0.228 e. The van der Waals surface area contributed by atoms with Gasteiger partial charge in [-0.1, -0.05) is 23.7 Å². The molecule has 0 radical (unpaired) electrons. The lowest BCUT2D eigenvalue weighted by atomic mass is 10.1. The highest BCUT2D eigenvalue weighted by Crippen LogP contribution is 2.26. The van der Waals surface area contributed by atoms with Crippen LogP contribution in [0.15, 0.2) is 22.7 Å². The minimum Gasteiger partial charge on any atom is -0.339 e. The lowest BCUT2D eigenvalue weighted by Crippen LogP contribution is -2.26. The highest BCUT2D eigenvalue weighted by atomic mass is 35.5. The molecule has 0 aliphatic heterocycles. The molecule has 1 unspecified atom stereocenters. The first kappa shape index (κ1) is 14.0. The van der Waals surface area contributed by atoms with Crippen molar-refractivity contribution in [2.75, 3.05) is 7.05 Å². The zero-order valence-corrected chi connectivity index (χ0v) is 11.5. The lowest BCUT2D eigenvalue weighted by Gasteiger charge is -2.09. The maximum Gasteiger partial charge on any atom is 0.228 e. The van der Waals surface area contributed by atoms with Gasteiger partial charge in [0.2, 0.25) is 11.7 Å². The van der Waals surface area contributed by atoms with Crippen molar-refractivity contribution in [3.8, 4) is 11.4 Å². The van der Waals surface area contributed by atoms with Gasteiger partial charge in [0.1, 0.15) is 5.82 Å². The number of halogens is 2. The standard InChI is InChI=1S/C13H15ClFN3O/c1-3-9(16-2)7-12-17-13(18-19-12)10-5-4-8(15)6-11(10)14/h4-6,9,16H,3,7H2,1-2H3. The van der Waals surface area contributed by atoms with Gasteiger partial charge in [-0.2, -0.15) is 4.98 Å². The minimum absolute atomic E-state index is 0.271. The molecule has 1 atom stereocenters. The molecule has 1 aromatic carbocycles. The molecule has 4 nitrogen and oxygen atoms in total. The third-order valence-electron chi connectivity index (χ3n) is 2.96. The largest absolute Gasteiger partial charge is 0.339 e. The highest BCUT2D eigenvalue weighted by Gasteiger charge is 2.14. The maximum atomic E-state index is 13.0. The Morgan fingerprint density at radius 1 is 1.47 bits per heavy atom. The summed E-state index contributed by atoms with van der Waals surface area (Å²) in [6.07, 6.45) is 1.62. The highest BCUT2D eigenvalue weighted by molar-refractivity contribution is 6.33. The van der Waals surface area contributed by atoms with Crippen LogP contribution in [0.3, 0.4) is 0 Å². The average molecular weight is 284 g/mol. The fourth-order valence-electron chi connectivity index (χ4n) is 1.78. The molecular weight excluding hydrogens is 269 g/mol. The molecule has 2 aromatic rings. The predicted molar refractivity (Wildman–Crippen MR) is 71.5 cm³/mol. The van der Waals surface area contributed by atoms with Crippen molar-refractivity contribution in [3.63, 3.8) is 0 Å². The number of benzene rings is 1. The summed E-state index contributed by atoms with van der Waals surface area (Å²) in [6, 6.07) is 4.38. The summed E-state index contributed by atoms with van der Waals surface area (Å²) >= 11 is 5.96. The van der Waals surface area contributed by atoms with Gasteiger partial charge >= 0.3 is 0 Å². The summed E-state index contributed by atoms with van der Waals surface area (Å²) in [6.45, 7) is 2.08. The third kappa shape index (κ3) is 3.30. The Morgan fingerprint density at radius 2 is 2.26 bits per heavy atom. The van der Waals surface area contributed by atoms with Crippen LogP contribution in [0.5, 0.6) is 0 Å². The third-order valence-corrected chi connectivity index (χ3v) is 3.27. The van der Waals surface area contributed by atoms with Crippen LogP contribution in [0, 0.1) is 5.82 Å². The number of rotatable bonds is 5. The summed E-state index contributed by atoms with van der Waals surface area (Å²) in [7, 11) is 1.89. The molecule has 0 aliphatic carbocycles. The molecular formula is C13H15ClFN3O. The van der Waals surface area contributed by atoms with E-state index in [1.807, 2.05) is 7.05 Å². The molecule has 6 heteroatoms. The molecule has 0 fully saturated rings. The lowest BCUT2D eigenvalue weighted by molar-refractivity contribution is 0.359. The van der Waals surface area contributed by atoms with Crippen molar-refractivity contribution in [2.24, 2.45) is 0 Å². The van der Waals surface area contributed by atoms with Crippen LogP contribution in [0.25, 0.3) is 11.4 Å². The normalized spacial score (nSPS) is 12.6. The van der Waals surface area contributed by atoms with Gasteiger partial charge < -0.3 is 9.84 Å². The molecule has 102 valence electrons. The van der Waals surface area contributed by atoms with E-state index in [1.165, 1.54) is 12.1 Å². The first-order chi connectivity index (χ1) is 9.13. The maximum absolute atomic E-state index is 13.0. The van der Waals surface area contributed by atoms with Crippen LogP contribution >= 0.6 is 11.6 Å². The quantitative estimate of drug-likeness (QED) is 0.916. The van der Waals surface area contributed by atoms with Gasteiger partial charge in [0.15, 0.2) is 0 Å². The van der Waals surface area contributed by atoms with Crippen molar-refractivity contribution in [1.29, 1.82) is 0 Å². The van der Waals surface area contributed by atoms with E-state index in [4.69, 9.17) is 16.1 Å². The van der Waals surface area contributed by atoms with Crippen LogP contribution in [-0.2, 0) is 6.42 Å². The molecule has 0 amide bonds. The molecule has 0 aliphatic rings. The van der Waals surface area contributed by atoms with Crippen LogP contribution in [0.4, 0.5) is 4.39 Å². The van der Waals surface area contributed by atoms with E-state index in [9.17, 15) is 4.39 Å². The van der Waals surface area contributed by atoms with Crippen LogP contribution in [0.2, 0.25) is 5.02 Å². The molecule has 19 heavy (non-hydrogen) atoms. The van der Waals surface area contributed by atoms with Gasteiger partial charge in [0, 0.05) is 18.0 Å². The topological polar surface area (TPSA) is 51.0 Å². The molecule has 1 N–H and O–H groups in total. The van der Waals surface area contributed by atoms with Crippen LogP contribution < -0.4 is 5.32 Å². The minimum atomic E-state index is -0.390. The second kappa shape index (κ2) is 6.12. The van der Waals surface area contributed by atoms with Crippen molar-refractivity contribution < 1.29 is 8.91 Å². The zero-order chi connectivity index (χ0) is 13.8. The van der Waals surface area contributed by atoms with E-state index in [0.717, 1.165) is 6.42 Å². The average Bonchev–Trinajstić information content (AvgIpc) is 2.84. The Morgan fingerprint density at radius 3 is 2.89 bits per heavy atom. The summed E-state index contributed by atoms with van der Waals surface area (Å²) < 4.78 is 18.2. The Labute approximate surface area is 116 Å². The van der Waals surface area contributed by atoms with Gasteiger partial charge in [-0.05, 0) is 31.7 Å². The number of nitrogens with one attached hydrogen (secondary N) is 1. The molecule has 0 bridgehead atoms. The van der Waals surface area contributed by atoms with E-state index < -0.39 is 5.82 Å². The Balaban J connectivity index is 2.20. The second-order valence-electron chi connectivity index (χ2n) is 4.23. The molecule has 0 saturated heterocycles. The van der Waals surface area contributed by atoms with Crippen LogP contribution in [-0.4, -0.2) is 23.2 Å². The second-order valence-corrected chi connectivity index (χ2v) is 4.64. The Bertz CT molecular complexity index is 555.